The number of thiophene rings is 1. The topological polar surface area (TPSA) is 20.2 Å². The van der Waals surface area contributed by atoms with Crippen molar-refractivity contribution in [2.24, 2.45) is 0 Å². The predicted molar refractivity (Wildman–Crippen MR) is 69.4 cm³/mol. The van der Waals surface area contributed by atoms with Crippen molar-refractivity contribution in [1.82, 2.24) is 0 Å². The van der Waals surface area contributed by atoms with Gasteiger partial charge in [-0.3, -0.25) is 0 Å². The van der Waals surface area contributed by atoms with Crippen LogP contribution in [0.1, 0.15) is 16.5 Å². The second-order valence-electron chi connectivity index (χ2n) is 3.57. The zero-order valence-corrected chi connectivity index (χ0v) is 11.0. The van der Waals surface area contributed by atoms with Crippen molar-refractivity contribution in [3.8, 4) is 0 Å². The van der Waals surface area contributed by atoms with Crippen LogP contribution < -0.4 is 0 Å². The second-order valence-corrected chi connectivity index (χ2v) is 5.70. The van der Waals surface area contributed by atoms with Gasteiger partial charge in [0.25, 0.3) is 0 Å². The molecule has 90 valence electrons. The van der Waals surface area contributed by atoms with Crippen LogP contribution in [0.15, 0.2) is 30.3 Å². The summed E-state index contributed by atoms with van der Waals surface area (Å²) in [4.78, 5) is 0.746. The van der Waals surface area contributed by atoms with Crippen LogP contribution in [-0.4, -0.2) is 5.11 Å². The van der Waals surface area contributed by atoms with Gasteiger partial charge in [0.2, 0.25) is 0 Å². The third kappa shape index (κ3) is 2.99. The highest BCUT2D eigenvalue weighted by Crippen LogP contribution is 2.31. The van der Waals surface area contributed by atoms with Gasteiger partial charge in [0.1, 0.15) is 5.82 Å². The summed E-state index contributed by atoms with van der Waals surface area (Å²) in [6.45, 7) is 0. The average Bonchev–Trinajstić information content (AvgIpc) is 2.72. The summed E-state index contributed by atoms with van der Waals surface area (Å²) < 4.78 is 13.8. The Hall–Kier alpha value is -0.610. The average molecular weight is 291 g/mol. The van der Waals surface area contributed by atoms with Crippen molar-refractivity contribution in [2.45, 2.75) is 12.5 Å². The molecule has 0 saturated carbocycles. The fraction of sp³-hybridized carbons (Fsp3) is 0.167. The van der Waals surface area contributed by atoms with Crippen molar-refractivity contribution in [1.29, 1.82) is 0 Å². The molecule has 1 aromatic heterocycles. The summed E-state index contributed by atoms with van der Waals surface area (Å²) in [5, 5.41) is 10.0. The van der Waals surface area contributed by atoms with E-state index in [1.54, 1.807) is 24.3 Å². The lowest BCUT2D eigenvalue weighted by Gasteiger charge is -2.10. The molecule has 0 aliphatic carbocycles. The molecule has 1 N–H and O–H groups in total. The molecule has 1 aromatic carbocycles. The van der Waals surface area contributed by atoms with E-state index in [-0.39, 0.29) is 11.4 Å². The normalized spacial score (nSPS) is 12.7. The number of aliphatic hydroxyl groups is 1. The molecule has 2 rings (SSSR count). The minimum atomic E-state index is -0.716. The molecule has 0 spiro atoms. The Morgan fingerprint density at radius 3 is 2.65 bits per heavy atom. The van der Waals surface area contributed by atoms with Crippen LogP contribution in [-0.2, 0) is 6.42 Å². The van der Waals surface area contributed by atoms with Crippen LogP contribution in [0.2, 0.25) is 9.36 Å². The van der Waals surface area contributed by atoms with Crippen LogP contribution in [0.4, 0.5) is 4.39 Å². The lowest BCUT2D eigenvalue weighted by Crippen LogP contribution is -2.00. The van der Waals surface area contributed by atoms with Crippen molar-refractivity contribution in [3.05, 3.63) is 55.9 Å². The maximum Gasteiger partial charge on any atom is 0.142 e. The number of hydrogen-bond acceptors (Lipinski definition) is 2. The van der Waals surface area contributed by atoms with Gasteiger partial charge in [-0.15, -0.1) is 11.3 Å². The molecule has 1 heterocycles. The summed E-state index contributed by atoms with van der Waals surface area (Å²) in [5.74, 6) is -0.472. The van der Waals surface area contributed by atoms with Crippen LogP contribution in [0.25, 0.3) is 0 Å². The molecular weight excluding hydrogens is 282 g/mol. The van der Waals surface area contributed by atoms with E-state index in [0.717, 1.165) is 4.88 Å². The molecule has 17 heavy (non-hydrogen) atoms. The van der Waals surface area contributed by atoms with Crippen LogP contribution in [0.5, 0.6) is 0 Å². The third-order valence-corrected chi connectivity index (χ3v) is 4.12. The van der Waals surface area contributed by atoms with Gasteiger partial charge < -0.3 is 5.11 Å². The summed E-state index contributed by atoms with van der Waals surface area (Å²) in [7, 11) is 0. The minimum Gasteiger partial charge on any atom is -0.387 e. The number of halogens is 3. The Morgan fingerprint density at radius 2 is 2.00 bits per heavy atom. The van der Waals surface area contributed by atoms with Crippen molar-refractivity contribution < 1.29 is 9.50 Å². The van der Waals surface area contributed by atoms with E-state index in [0.29, 0.717) is 9.90 Å². The molecule has 0 fully saturated rings. The fourth-order valence-electron chi connectivity index (χ4n) is 1.52. The number of hydrogen-bond donors (Lipinski definition) is 1. The van der Waals surface area contributed by atoms with E-state index in [1.807, 2.05) is 0 Å². The van der Waals surface area contributed by atoms with E-state index in [9.17, 15) is 9.50 Å². The number of rotatable bonds is 3. The maximum absolute atomic E-state index is 13.2. The van der Waals surface area contributed by atoms with Crippen molar-refractivity contribution in [2.75, 3.05) is 0 Å². The molecule has 1 unspecified atom stereocenters. The highest BCUT2D eigenvalue weighted by atomic mass is 35.5. The lowest BCUT2D eigenvalue weighted by molar-refractivity contribution is 0.182. The Labute approximate surface area is 112 Å². The van der Waals surface area contributed by atoms with Gasteiger partial charge >= 0.3 is 0 Å². The quantitative estimate of drug-likeness (QED) is 0.884. The molecule has 0 radical (unpaired) electrons. The molecule has 2 aromatic rings. The van der Waals surface area contributed by atoms with E-state index in [4.69, 9.17) is 23.2 Å². The summed E-state index contributed by atoms with van der Waals surface area (Å²) in [6.07, 6.45) is -0.445. The fourth-order valence-corrected chi connectivity index (χ4v) is 2.77. The van der Waals surface area contributed by atoms with Crippen LogP contribution in [0.3, 0.4) is 0 Å². The Bertz CT molecular complexity index is 527. The molecule has 5 heteroatoms. The Kier molecular flexibility index (Phi) is 4.05. The van der Waals surface area contributed by atoms with Gasteiger partial charge in [-0.05, 0) is 23.8 Å². The predicted octanol–water partition coefficient (Wildman–Crippen LogP) is 4.47. The van der Waals surface area contributed by atoms with Gasteiger partial charge in [-0.2, -0.15) is 0 Å². The molecule has 1 nitrogen and oxygen atoms in total. The van der Waals surface area contributed by atoms with Crippen LogP contribution >= 0.6 is 34.5 Å². The largest absolute Gasteiger partial charge is 0.387 e. The maximum atomic E-state index is 13.2. The van der Waals surface area contributed by atoms with Crippen molar-refractivity contribution in [3.63, 3.8) is 0 Å². The van der Waals surface area contributed by atoms with Gasteiger partial charge in [0.05, 0.1) is 15.5 Å². The van der Waals surface area contributed by atoms with E-state index in [2.05, 4.69) is 0 Å². The SMILES string of the molecule is OC(Cc1cccc(F)c1Cl)c1ccc(Cl)s1. The second kappa shape index (κ2) is 5.36. The summed E-state index contributed by atoms with van der Waals surface area (Å²) >= 11 is 12.9. The first-order chi connectivity index (χ1) is 8.08. The molecule has 1 atom stereocenters. The minimum absolute atomic E-state index is 0.0641. The zero-order valence-electron chi connectivity index (χ0n) is 8.66. The third-order valence-electron chi connectivity index (χ3n) is 2.37. The standard InChI is InChI=1S/C12H9Cl2FOS/c13-11-5-4-10(17-11)9(16)6-7-2-1-3-8(15)12(7)14/h1-5,9,16H,6H2. The first kappa shape index (κ1) is 12.8. The Morgan fingerprint density at radius 1 is 1.24 bits per heavy atom. The molecule has 0 bridgehead atoms. The first-order valence-electron chi connectivity index (χ1n) is 4.94. The summed E-state index contributed by atoms with van der Waals surface area (Å²) in [5.41, 5.74) is 0.587. The number of aliphatic hydroxyl groups excluding tert-OH is 1. The zero-order chi connectivity index (χ0) is 12.4. The van der Waals surface area contributed by atoms with Gasteiger partial charge in [0, 0.05) is 11.3 Å². The highest BCUT2D eigenvalue weighted by Gasteiger charge is 2.14. The molecule has 0 amide bonds. The number of benzene rings is 1. The lowest BCUT2D eigenvalue weighted by atomic mass is 10.1. The smallest absolute Gasteiger partial charge is 0.142 e. The van der Waals surface area contributed by atoms with Crippen LogP contribution in [0, 0.1) is 5.82 Å². The Balaban J connectivity index is 2.18. The highest BCUT2D eigenvalue weighted by molar-refractivity contribution is 7.16. The van der Waals surface area contributed by atoms with Crippen molar-refractivity contribution >= 4 is 34.5 Å². The van der Waals surface area contributed by atoms with Gasteiger partial charge in [-0.1, -0.05) is 35.3 Å². The summed E-state index contributed by atoms with van der Waals surface area (Å²) in [6, 6.07) is 8.04. The molecule has 0 saturated heterocycles. The first-order valence-corrected chi connectivity index (χ1v) is 6.51. The molecular formula is C12H9Cl2FOS. The van der Waals surface area contributed by atoms with E-state index in [1.165, 1.54) is 17.4 Å². The van der Waals surface area contributed by atoms with E-state index >= 15 is 0 Å². The monoisotopic (exact) mass is 290 g/mol. The molecule has 0 aliphatic heterocycles. The van der Waals surface area contributed by atoms with E-state index < -0.39 is 11.9 Å². The van der Waals surface area contributed by atoms with Gasteiger partial charge in [0.15, 0.2) is 0 Å². The molecule has 0 aliphatic rings. The van der Waals surface area contributed by atoms with Gasteiger partial charge in [-0.25, -0.2) is 4.39 Å².